The first-order valence-corrected chi connectivity index (χ1v) is 34.7. The van der Waals surface area contributed by atoms with Crippen molar-refractivity contribution in [2.24, 2.45) is 5.41 Å². The quantitative estimate of drug-likeness (QED) is 0.0264. The van der Waals surface area contributed by atoms with Crippen LogP contribution in [-0.2, 0) is 19.1 Å². The molecule has 444 valence electrons. The Hall–Kier alpha value is -1.58. The molecule has 0 aromatic rings. The van der Waals surface area contributed by atoms with Crippen molar-refractivity contribution in [3.05, 3.63) is 24.3 Å². The van der Waals surface area contributed by atoms with Gasteiger partial charge in [0.25, 0.3) is 0 Å². The average Bonchev–Trinajstić information content (AvgIpc) is 3.42. The van der Waals surface area contributed by atoms with Crippen LogP contribution in [0.2, 0.25) is 0 Å². The Balaban J connectivity index is 5.25. The average molecular weight is 1050 g/mol. The fourth-order valence-corrected chi connectivity index (χ4v) is 11.2. The highest BCUT2D eigenvalue weighted by Crippen LogP contribution is 2.36. The van der Waals surface area contributed by atoms with Crippen LogP contribution in [0.25, 0.3) is 0 Å². The number of allylic oxidation sites excluding steroid dienone is 4. The van der Waals surface area contributed by atoms with E-state index in [9.17, 15) is 9.59 Å². The van der Waals surface area contributed by atoms with Crippen LogP contribution in [0.15, 0.2) is 24.3 Å². The normalized spacial score (nSPS) is 12.0. The van der Waals surface area contributed by atoms with E-state index in [1.165, 1.54) is 308 Å². The lowest BCUT2D eigenvalue weighted by Gasteiger charge is -2.30. The Labute approximate surface area is 471 Å². The Morgan fingerprint density at radius 1 is 0.240 bits per heavy atom. The van der Waals surface area contributed by atoms with E-state index >= 15 is 0 Å². The second-order valence-electron chi connectivity index (χ2n) is 23.9. The predicted molar refractivity (Wildman–Crippen MR) is 333 cm³/mol. The number of hydrogen-bond donors (Lipinski definition) is 0. The second kappa shape index (κ2) is 63.3. The number of carbonyl (C=O) groups is 2. The molecule has 0 spiro atoms. The molecule has 0 amide bonds. The van der Waals surface area contributed by atoms with Gasteiger partial charge < -0.3 is 9.47 Å². The molecule has 0 saturated heterocycles. The molecule has 0 rings (SSSR count). The summed E-state index contributed by atoms with van der Waals surface area (Å²) in [7, 11) is 0. The van der Waals surface area contributed by atoms with Gasteiger partial charge in [-0.2, -0.15) is 0 Å². The highest BCUT2D eigenvalue weighted by atomic mass is 16.6. The summed E-state index contributed by atoms with van der Waals surface area (Å²) in [6, 6.07) is 0. The Bertz CT molecular complexity index is 1080. The first-order chi connectivity index (χ1) is 37.1. The van der Waals surface area contributed by atoms with Gasteiger partial charge in [-0.1, -0.05) is 347 Å². The fraction of sp³-hybridized carbons (Fsp3) is 0.915. The molecule has 0 saturated carbocycles. The molecule has 0 unspecified atom stereocenters. The highest BCUT2D eigenvalue weighted by Gasteiger charge is 2.47. The van der Waals surface area contributed by atoms with Gasteiger partial charge in [0, 0.05) is 0 Å². The Morgan fingerprint density at radius 3 is 0.627 bits per heavy atom. The number of unbranched alkanes of at least 4 members (excludes halogenated alkanes) is 50. The second-order valence-corrected chi connectivity index (χ2v) is 23.9. The van der Waals surface area contributed by atoms with E-state index in [-0.39, 0.29) is 11.9 Å². The van der Waals surface area contributed by atoms with E-state index in [1.807, 2.05) is 0 Å². The minimum atomic E-state index is -1.17. The summed E-state index contributed by atoms with van der Waals surface area (Å²) < 4.78 is 12.3. The number of ether oxygens (including phenoxy) is 2. The summed E-state index contributed by atoms with van der Waals surface area (Å²) >= 11 is 0. The summed E-state index contributed by atoms with van der Waals surface area (Å²) in [6.07, 6.45) is 82.1. The third kappa shape index (κ3) is 52.9. The van der Waals surface area contributed by atoms with Gasteiger partial charge >= 0.3 is 11.9 Å². The molecule has 4 heteroatoms. The summed E-state index contributed by atoms with van der Waals surface area (Å²) in [4.78, 5) is 28.9. The first-order valence-electron chi connectivity index (χ1n) is 34.7. The van der Waals surface area contributed by atoms with E-state index in [0.717, 1.165) is 51.4 Å². The zero-order valence-corrected chi connectivity index (χ0v) is 51.9. The van der Waals surface area contributed by atoms with Crippen LogP contribution in [0.3, 0.4) is 0 Å². The van der Waals surface area contributed by atoms with Gasteiger partial charge in [0.05, 0.1) is 13.2 Å². The number of hydrogen-bond acceptors (Lipinski definition) is 4. The zero-order valence-electron chi connectivity index (χ0n) is 51.9. The molecular formula is C71H136O4. The maximum atomic E-state index is 14.4. The molecule has 0 N–H and O–H groups in total. The third-order valence-corrected chi connectivity index (χ3v) is 16.5. The molecule has 0 aromatic carbocycles. The van der Waals surface area contributed by atoms with Gasteiger partial charge in [-0.15, -0.1) is 0 Å². The van der Waals surface area contributed by atoms with Crippen molar-refractivity contribution in [1.82, 2.24) is 0 Å². The van der Waals surface area contributed by atoms with Crippen LogP contribution < -0.4 is 0 Å². The van der Waals surface area contributed by atoms with Crippen LogP contribution in [0.5, 0.6) is 0 Å². The number of carbonyl (C=O) groups excluding carboxylic acids is 2. The van der Waals surface area contributed by atoms with Gasteiger partial charge in [-0.05, 0) is 77.0 Å². The number of esters is 2. The SMILES string of the molecule is CCCCCCCCC=CCCCCCCCCOC(=O)C(CCCCCCCCCCCCCCCC)(CCCCCCCCCCCCCCCC)C(=O)OCCCCCCCCC=CCCCCCCCC. The molecule has 0 aromatic heterocycles. The Kier molecular flexibility index (Phi) is 61.9. The lowest BCUT2D eigenvalue weighted by atomic mass is 9.77. The standard InChI is InChI=1S/C71H136O4/c1-5-9-13-17-21-25-29-33-37-39-43-47-51-55-59-63-67-74-69(72)71(65-61-57-53-49-45-41-35-31-27-23-19-15-11-7-3,66-62-58-54-50-46-42-36-32-28-24-20-16-12-8-4)70(73)75-68-64-60-56-52-48-44-40-38-34-30-26-22-18-14-10-6-2/h33-34,37-38H,5-32,35-36,39-68H2,1-4H3. The summed E-state index contributed by atoms with van der Waals surface area (Å²) in [5.41, 5.74) is -1.17. The van der Waals surface area contributed by atoms with Crippen LogP contribution in [-0.4, -0.2) is 25.2 Å². The molecule has 0 radical (unpaired) electrons. The van der Waals surface area contributed by atoms with E-state index < -0.39 is 5.41 Å². The van der Waals surface area contributed by atoms with E-state index in [0.29, 0.717) is 26.1 Å². The lowest BCUT2D eigenvalue weighted by Crippen LogP contribution is -2.42. The van der Waals surface area contributed by atoms with Gasteiger partial charge in [0.15, 0.2) is 5.41 Å². The monoisotopic (exact) mass is 1050 g/mol. The van der Waals surface area contributed by atoms with Crippen molar-refractivity contribution in [3.63, 3.8) is 0 Å². The van der Waals surface area contributed by atoms with Gasteiger partial charge in [0.1, 0.15) is 0 Å². The minimum Gasteiger partial charge on any atom is -0.465 e. The molecular weight excluding hydrogens is 917 g/mol. The molecule has 0 heterocycles. The largest absolute Gasteiger partial charge is 0.465 e. The van der Waals surface area contributed by atoms with Crippen LogP contribution >= 0.6 is 0 Å². The summed E-state index contributed by atoms with van der Waals surface area (Å²) in [5, 5.41) is 0. The van der Waals surface area contributed by atoms with Crippen molar-refractivity contribution in [3.8, 4) is 0 Å². The smallest absolute Gasteiger partial charge is 0.323 e. The predicted octanol–water partition coefficient (Wildman–Crippen LogP) is 24.9. The van der Waals surface area contributed by atoms with E-state index in [4.69, 9.17) is 9.47 Å². The van der Waals surface area contributed by atoms with Crippen molar-refractivity contribution in [1.29, 1.82) is 0 Å². The van der Waals surface area contributed by atoms with Crippen molar-refractivity contribution in [2.75, 3.05) is 13.2 Å². The summed E-state index contributed by atoms with van der Waals surface area (Å²) in [5.74, 6) is -0.573. The fourth-order valence-electron chi connectivity index (χ4n) is 11.2. The van der Waals surface area contributed by atoms with E-state index in [1.54, 1.807) is 0 Å². The molecule has 0 aliphatic rings. The van der Waals surface area contributed by atoms with Gasteiger partial charge in [-0.3, -0.25) is 9.59 Å². The molecule has 0 bridgehead atoms. The van der Waals surface area contributed by atoms with Crippen LogP contribution in [0.4, 0.5) is 0 Å². The molecule has 0 aliphatic carbocycles. The molecule has 0 atom stereocenters. The maximum Gasteiger partial charge on any atom is 0.323 e. The topological polar surface area (TPSA) is 52.6 Å². The van der Waals surface area contributed by atoms with Crippen molar-refractivity contribution in [2.45, 2.75) is 400 Å². The molecule has 0 fully saturated rings. The molecule has 75 heavy (non-hydrogen) atoms. The van der Waals surface area contributed by atoms with E-state index in [2.05, 4.69) is 52.0 Å². The zero-order chi connectivity index (χ0) is 54.3. The molecule has 0 aliphatic heterocycles. The third-order valence-electron chi connectivity index (χ3n) is 16.5. The molecule has 4 nitrogen and oxygen atoms in total. The Morgan fingerprint density at radius 2 is 0.413 bits per heavy atom. The van der Waals surface area contributed by atoms with Crippen molar-refractivity contribution >= 4 is 11.9 Å². The first kappa shape index (κ1) is 73.4. The highest BCUT2D eigenvalue weighted by molar-refractivity contribution is 6.00. The number of rotatable bonds is 64. The lowest BCUT2D eigenvalue weighted by molar-refractivity contribution is -0.174. The van der Waals surface area contributed by atoms with Crippen LogP contribution in [0, 0.1) is 5.41 Å². The minimum absolute atomic E-state index is 0.286. The van der Waals surface area contributed by atoms with Crippen LogP contribution in [0.1, 0.15) is 400 Å². The maximum absolute atomic E-state index is 14.4. The van der Waals surface area contributed by atoms with Gasteiger partial charge in [-0.25, -0.2) is 0 Å². The van der Waals surface area contributed by atoms with Crippen molar-refractivity contribution < 1.29 is 19.1 Å². The summed E-state index contributed by atoms with van der Waals surface area (Å²) in [6.45, 7) is 10.0. The van der Waals surface area contributed by atoms with Gasteiger partial charge in [0.2, 0.25) is 0 Å².